The van der Waals surface area contributed by atoms with Crippen LogP contribution in [0.15, 0.2) is 36.5 Å². The molecular weight excluding hydrogens is 487 g/mol. The second-order valence-corrected chi connectivity index (χ2v) is 10.1. The fraction of sp³-hybridized carbons (Fsp3) is 0.407. The van der Waals surface area contributed by atoms with Gasteiger partial charge in [0.15, 0.2) is 11.6 Å². The molecule has 4 aromatic rings. The minimum atomic E-state index is -0.357. The van der Waals surface area contributed by atoms with E-state index in [1.54, 1.807) is 12.3 Å². The first-order chi connectivity index (χ1) is 18.6. The molecule has 0 aliphatic carbocycles. The van der Waals surface area contributed by atoms with E-state index in [2.05, 4.69) is 20.1 Å². The van der Waals surface area contributed by atoms with E-state index >= 15 is 4.39 Å². The molecule has 0 saturated carbocycles. The molecule has 3 aromatic heterocycles. The van der Waals surface area contributed by atoms with Crippen LogP contribution in [0.5, 0.6) is 0 Å². The Morgan fingerprint density at radius 1 is 1.03 bits per heavy atom. The Morgan fingerprint density at radius 3 is 2.74 bits per heavy atom. The van der Waals surface area contributed by atoms with Crippen molar-refractivity contribution in [3.63, 3.8) is 0 Å². The van der Waals surface area contributed by atoms with Gasteiger partial charge in [0.05, 0.1) is 42.6 Å². The van der Waals surface area contributed by atoms with E-state index in [0.29, 0.717) is 67.6 Å². The van der Waals surface area contributed by atoms with Crippen LogP contribution in [0.2, 0.25) is 0 Å². The van der Waals surface area contributed by atoms with E-state index in [1.807, 2.05) is 23.1 Å². The molecule has 0 unspecified atom stereocenters. The van der Waals surface area contributed by atoms with Gasteiger partial charge < -0.3 is 24.8 Å². The Balaban J connectivity index is 1.21. The maximum Gasteiger partial charge on any atom is 0.236 e. The zero-order valence-corrected chi connectivity index (χ0v) is 21.0. The van der Waals surface area contributed by atoms with Gasteiger partial charge in [0.1, 0.15) is 11.3 Å². The number of ether oxygens (including phenoxy) is 1. The number of anilines is 1. The van der Waals surface area contributed by atoms with Crippen LogP contribution in [0.3, 0.4) is 0 Å². The van der Waals surface area contributed by atoms with E-state index in [-0.39, 0.29) is 17.8 Å². The van der Waals surface area contributed by atoms with Crippen molar-refractivity contribution in [2.75, 3.05) is 63.9 Å². The summed E-state index contributed by atoms with van der Waals surface area (Å²) in [7, 11) is 0. The predicted molar refractivity (Wildman–Crippen MR) is 141 cm³/mol. The molecule has 0 radical (unpaired) electrons. The van der Waals surface area contributed by atoms with E-state index in [1.165, 1.54) is 6.07 Å². The SMILES string of the molecule is O=C1CNCCN1C1CN(Cc2ccc3nc(-c4c(F)ccc5[nH]ccc45)nc(N4CCOCC4)c3n2)C1. The number of carbonyl (C=O) groups excluding carboxylic acids is 1. The van der Waals surface area contributed by atoms with Gasteiger partial charge in [-0.25, -0.2) is 19.3 Å². The van der Waals surface area contributed by atoms with Gasteiger partial charge in [0.25, 0.3) is 0 Å². The summed E-state index contributed by atoms with van der Waals surface area (Å²) in [6, 6.07) is 9.24. The third-order valence-corrected chi connectivity index (χ3v) is 7.69. The first kappa shape index (κ1) is 23.4. The smallest absolute Gasteiger partial charge is 0.236 e. The van der Waals surface area contributed by atoms with Crippen LogP contribution in [-0.2, 0) is 16.1 Å². The zero-order valence-electron chi connectivity index (χ0n) is 21.0. The molecule has 2 N–H and O–H groups in total. The van der Waals surface area contributed by atoms with Crippen molar-refractivity contribution in [1.82, 2.24) is 35.1 Å². The normalized spacial score (nSPS) is 19.4. The topological polar surface area (TPSA) is 103 Å². The summed E-state index contributed by atoms with van der Waals surface area (Å²) in [5.41, 5.74) is 3.54. The Labute approximate surface area is 218 Å². The monoisotopic (exact) mass is 516 g/mol. The number of morpholine rings is 1. The first-order valence-electron chi connectivity index (χ1n) is 13.1. The number of nitrogens with one attached hydrogen (secondary N) is 2. The number of aromatic nitrogens is 4. The number of likely N-dealkylation sites (tertiary alicyclic amines) is 1. The fourth-order valence-electron chi connectivity index (χ4n) is 5.67. The molecule has 7 rings (SSSR count). The summed E-state index contributed by atoms with van der Waals surface area (Å²) in [6.45, 7) is 6.99. The minimum absolute atomic E-state index is 0.180. The number of nitrogens with zero attached hydrogens (tertiary/aromatic N) is 6. The van der Waals surface area contributed by atoms with Gasteiger partial charge >= 0.3 is 0 Å². The van der Waals surface area contributed by atoms with Gasteiger partial charge in [-0.1, -0.05) is 0 Å². The van der Waals surface area contributed by atoms with Crippen LogP contribution < -0.4 is 10.2 Å². The number of carbonyl (C=O) groups is 1. The van der Waals surface area contributed by atoms with Crippen LogP contribution in [0, 0.1) is 5.82 Å². The number of hydrogen-bond acceptors (Lipinski definition) is 8. The highest BCUT2D eigenvalue weighted by Crippen LogP contribution is 2.33. The highest BCUT2D eigenvalue weighted by Gasteiger charge is 2.35. The van der Waals surface area contributed by atoms with Crippen molar-refractivity contribution >= 4 is 33.7 Å². The summed E-state index contributed by atoms with van der Waals surface area (Å²) < 4.78 is 20.7. The number of aromatic amines is 1. The standard InChI is InChI=1S/C27H29FN8O2/c28-20-2-4-21-19(5-6-30-21)24(20)26-32-22-3-1-17(31-25(22)27(33-26)35-9-11-38-12-10-35)14-34-15-18(16-34)36-8-7-29-13-23(36)37/h1-6,18,29-30H,7-16H2. The van der Waals surface area contributed by atoms with Crippen LogP contribution in [0.4, 0.5) is 10.2 Å². The number of pyridine rings is 1. The molecule has 3 aliphatic rings. The molecule has 0 spiro atoms. The van der Waals surface area contributed by atoms with Crippen molar-refractivity contribution in [3.05, 3.63) is 48.0 Å². The Kier molecular flexibility index (Phi) is 5.91. The predicted octanol–water partition coefficient (Wildman–Crippen LogP) is 1.76. The van der Waals surface area contributed by atoms with Crippen LogP contribution in [0.25, 0.3) is 33.3 Å². The molecule has 6 heterocycles. The number of hydrogen-bond donors (Lipinski definition) is 2. The number of halogens is 1. The first-order valence-corrected chi connectivity index (χ1v) is 13.1. The number of rotatable bonds is 5. The van der Waals surface area contributed by atoms with Crippen molar-refractivity contribution in [2.45, 2.75) is 12.6 Å². The molecule has 38 heavy (non-hydrogen) atoms. The lowest BCUT2D eigenvalue weighted by Gasteiger charge is -2.46. The van der Waals surface area contributed by atoms with Crippen LogP contribution in [0.1, 0.15) is 5.69 Å². The second-order valence-electron chi connectivity index (χ2n) is 10.1. The molecule has 3 fully saturated rings. The molecule has 11 heteroatoms. The molecule has 1 aromatic carbocycles. The molecule has 196 valence electrons. The fourth-order valence-corrected chi connectivity index (χ4v) is 5.67. The van der Waals surface area contributed by atoms with Crippen molar-refractivity contribution in [1.29, 1.82) is 0 Å². The lowest BCUT2D eigenvalue weighted by molar-refractivity contribution is -0.138. The maximum atomic E-state index is 15.1. The Bertz CT molecular complexity index is 1510. The summed E-state index contributed by atoms with van der Waals surface area (Å²) in [5.74, 6) is 0.876. The third kappa shape index (κ3) is 4.16. The summed E-state index contributed by atoms with van der Waals surface area (Å²) in [5, 5.41) is 3.88. The number of fused-ring (bicyclic) bond motifs is 2. The molecule has 0 atom stereocenters. The zero-order chi connectivity index (χ0) is 25.6. The molecule has 1 amide bonds. The average Bonchev–Trinajstić information content (AvgIpc) is 3.40. The number of amides is 1. The lowest BCUT2D eigenvalue weighted by atomic mass is 10.1. The summed E-state index contributed by atoms with van der Waals surface area (Å²) >= 11 is 0. The highest BCUT2D eigenvalue weighted by molar-refractivity contribution is 5.96. The van der Waals surface area contributed by atoms with Gasteiger partial charge in [0.2, 0.25) is 5.91 Å². The number of benzene rings is 1. The van der Waals surface area contributed by atoms with Crippen LogP contribution >= 0.6 is 0 Å². The van der Waals surface area contributed by atoms with E-state index in [4.69, 9.17) is 19.7 Å². The second kappa shape index (κ2) is 9.57. The van der Waals surface area contributed by atoms with E-state index < -0.39 is 0 Å². The van der Waals surface area contributed by atoms with E-state index in [9.17, 15) is 4.79 Å². The summed E-state index contributed by atoms with van der Waals surface area (Å²) in [4.78, 5) is 36.5. The van der Waals surface area contributed by atoms with Gasteiger partial charge in [-0.3, -0.25) is 9.69 Å². The molecule has 3 saturated heterocycles. The van der Waals surface area contributed by atoms with Crippen molar-refractivity contribution < 1.29 is 13.9 Å². The van der Waals surface area contributed by atoms with Gasteiger partial charge in [0, 0.05) is 62.9 Å². The number of piperazine rings is 1. The Morgan fingerprint density at radius 2 is 1.89 bits per heavy atom. The van der Waals surface area contributed by atoms with Gasteiger partial charge in [-0.05, 0) is 30.3 Å². The molecular formula is C27H29FN8O2. The van der Waals surface area contributed by atoms with Gasteiger partial charge in [-0.2, -0.15) is 0 Å². The molecule has 10 nitrogen and oxygen atoms in total. The lowest BCUT2D eigenvalue weighted by Crippen LogP contribution is -2.64. The molecule has 0 bridgehead atoms. The highest BCUT2D eigenvalue weighted by atomic mass is 19.1. The summed E-state index contributed by atoms with van der Waals surface area (Å²) in [6.07, 6.45) is 1.80. The third-order valence-electron chi connectivity index (χ3n) is 7.69. The number of H-pyrrole nitrogens is 1. The Hall–Kier alpha value is -3.67. The van der Waals surface area contributed by atoms with Crippen molar-refractivity contribution in [2.24, 2.45) is 0 Å². The minimum Gasteiger partial charge on any atom is -0.378 e. The van der Waals surface area contributed by atoms with Gasteiger partial charge in [-0.15, -0.1) is 0 Å². The van der Waals surface area contributed by atoms with Crippen molar-refractivity contribution in [3.8, 4) is 11.4 Å². The quantitative estimate of drug-likeness (QED) is 0.414. The van der Waals surface area contributed by atoms with E-state index in [0.717, 1.165) is 42.8 Å². The maximum absolute atomic E-state index is 15.1. The average molecular weight is 517 g/mol. The van der Waals surface area contributed by atoms with Crippen LogP contribution in [-0.4, -0.2) is 101 Å². The largest absolute Gasteiger partial charge is 0.378 e. The molecule has 3 aliphatic heterocycles.